The van der Waals surface area contributed by atoms with Crippen molar-refractivity contribution >= 4 is 33.7 Å². The van der Waals surface area contributed by atoms with Crippen molar-refractivity contribution in [2.75, 3.05) is 12.4 Å². The Kier molecular flexibility index (Phi) is 6.07. The molecule has 7 heteroatoms. The zero-order valence-electron chi connectivity index (χ0n) is 18.5. The maximum absolute atomic E-state index is 13.4. The lowest BCUT2D eigenvalue weighted by Gasteiger charge is -2.29. The molecule has 5 rings (SSSR count). The van der Waals surface area contributed by atoms with Gasteiger partial charge in [0.15, 0.2) is 0 Å². The summed E-state index contributed by atoms with van der Waals surface area (Å²) < 4.78 is 5.19. The van der Waals surface area contributed by atoms with E-state index in [9.17, 15) is 4.79 Å². The second kappa shape index (κ2) is 9.29. The molecule has 6 nitrogen and oxygen atoms in total. The highest BCUT2D eigenvalue weighted by Crippen LogP contribution is 2.34. The molecule has 3 N–H and O–H groups in total. The number of carbonyl (C=O) groups is 1. The molecular formula is C26H26N4O2S. The Hall–Kier alpha value is -3.29. The van der Waals surface area contributed by atoms with Crippen molar-refractivity contribution in [3.8, 4) is 17.0 Å². The van der Waals surface area contributed by atoms with Crippen LogP contribution in [-0.2, 0) is 0 Å². The van der Waals surface area contributed by atoms with Gasteiger partial charge in [0.05, 0.1) is 28.8 Å². The summed E-state index contributed by atoms with van der Waals surface area (Å²) in [6, 6.07) is 14.2. The molecule has 0 bridgehead atoms. The van der Waals surface area contributed by atoms with E-state index in [1.807, 2.05) is 41.8 Å². The van der Waals surface area contributed by atoms with Gasteiger partial charge in [-0.15, -0.1) is 11.3 Å². The van der Waals surface area contributed by atoms with Gasteiger partial charge < -0.3 is 15.8 Å². The molecule has 168 valence electrons. The highest BCUT2D eigenvalue weighted by molar-refractivity contribution is 7.12. The molecule has 1 fully saturated rings. The minimum Gasteiger partial charge on any atom is -0.481 e. The number of nitrogens with two attached hydrogens (primary N) is 1. The number of anilines is 1. The van der Waals surface area contributed by atoms with E-state index in [1.54, 1.807) is 19.5 Å². The number of fused-ring (bicyclic) bond motifs is 1. The second-order valence-electron chi connectivity index (χ2n) is 8.43. The van der Waals surface area contributed by atoms with Crippen molar-refractivity contribution in [1.82, 2.24) is 9.97 Å². The van der Waals surface area contributed by atoms with Crippen LogP contribution in [0.1, 0.15) is 40.9 Å². The number of thiophene rings is 1. The fourth-order valence-electron chi connectivity index (χ4n) is 4.38. The van der Waals surface area contributed by atoms with Gasteiger partial charge in [0, 0.05) is 41.5 Å². The summed E-state index contributed by atoms with van der Waals surface area (Å²) in [6.45, 7) is 0. The average molecular weight is 459 g/mol. The van der Waals surface area contributed by atoms with E-state index < -0.39 is 0 Å². The van der Waals surface area contributed by atoms with Gasteiger partial charge in [-0.05, 0) is 60.9 Å². The highest BCUT2D eigenvalue weighted by Gasteiger charge is 2.23. The number of ketones is 1. The molecule has 0 aliphatic heterocycles. The van der Waals surface area contributed by atoms with Gasteiger partial charge in [0.25, 0.3) is 0 Å². The third-order valence-corrected chi connectivity index (χ3v) is 7.13. The Morgan fingerprint density at radius 2 is 1.88 bits per heavy atom. The number of hydrogen-bond donors (Lipinski definition) is 2. The molecule has 0 saturated heterocycles. The Balaban J connectivity index is 1.61. The van der Waals surface area contributed by atoms with Crippen LogP contribution in [0.15, 0.2) is 60.2 Å². The first-order chi connectivity index (χ1) is 16.1. The third-order valence-electron chi connectivity index (χ3n) is 6.26. The summed E-state index contributed by atoms with van der Waals surface area (Å²) in [5, 5.41) is 6.56. The number of ether oxygens (including phenoxy) is 1. The minimum atomic E-state index is -0.00840. The molecule has 0 spiro atoms. The smallest absolute Gasteiger partial charge is 0.212 e. The molecule has 4 aromatic rings. The van der Waals surface area contributed by atoms with E-state index in [2.05, 4.69) is 21.4 Å². The number of methoxy groups -OCH3 is 1. The second-order valence-corrected chi connectivity index (χ2v) is 9.38. The molecule has 33 heavy (non-hydrogen) atoms. The lowest BCUT2D eigenvalue weighted by molar-refractivity contribution is 0.104. The van der Waals surface area contributed by atoms with Crippen molar-refractivity contribution in [2.45, 2.75) is 37.8 Å². The fourth-order valence-corrected chi connectivity index (χ4v) is 5.06. The number of carbonyl (C=O) groups excluding carboxylic acids is 1. The van der Waals surface area contributed by atoms with E-state index in [0.717, 1.165) is 53.4 Å². The fraction of sp³-hybridized carbons (Fsp3) is 0.269. The quantitative estimate of drug-likeness (QED) is 0.382. The first kappa shape index (κ1) is 21.6. The summed E-state index contributed by atoms with van der Waals surface area (Å²) in [5.41, 5.74) is 10.4. The van der Waals surface area contributed by atoms with Gasteiger partial charge in [0.2, 0.25) is 11.7 Å². The van der Waals surface area contributed by atoms with E-state index in [0.29, 0.717) is 16.3 Å². The number of rotatable bonds is 6. The number of nitrogens with one attached hydrogen (secondary N) is 1. The Morgan fingerprint density at radius 1 is 1.06 bits per heavy atom. The average Bonchev–Trinajstić information content (AvgIpc) is 3.40. The molecule has 1 aliphatic carbocycles. The van der Waals surface area contributed by atoms with E-state index in [1.165, 1.54) is 11.3 Å². The van der Waals surface area contributed by atoms with Crippen molar-refractivity contribution in [3.05, 3.63) is 70.7 Å². The van der Waals surface area contributed by atoms with Gasteiger partial charge in [-0.3, -0.25) is 9.78 Å². The van der Waals surface area contributed by atoms with Crippen LogP contribution in [-0.4, -0.2) is 34.9 Å². The van der Waals surface area contributed by atoms with Crippen LogP contribution < -0.4 is 15.8 Å². The largest absolute Gasteiger partial charge is 0.481 e. The zero-order valence-corrected chi connectivity index (χ0v) is 19.3. The number of hydrogen-bond acceptors (Lipinski definition) is 7. The van der Waals surface area contributed by atoms with Crippen LogP contribution in [0.3, 0.4) is 0 Å². The van der Waals surface area contributed by atoms with Crippen LogP contribution in [0.4, 0.5) is 5.69 Å². The molecule has 0 radical (unpaired) electrons. The summed E-state index contributed by atoms with van der Waals surface area (Å²) in [6.07, 6.45) is 7.44. The summed E-state index contributed by atoms with van der Waals surface area (Å²) in [5.74, 6) is 0.564. The van der Waals surface area contributed by atoms with Crippen LogP contribution in [0.5, 0.6) is 5.88 Å². The number of benzene rings is 1. The van der Waals surface area contributed by atoms with E-state index in [-0.39, 0.29) is 17.9 Å². The molecule has 3 aromatic heterocycles. The van der Waals surface area contributed by atoms with Crippen molar-refractivity contribution < 1.29 is 9.53 Å². The number of pyridine rings is 2. The Bertz CT molecular complexity index is 1260. The molecule has 0 amide bonds. The van der Waals surface area contributed by atoms with Crippen LogP contribution in [0, 0.1) is 0 Å². The van der Waals surface area contributed by atoms with Gasteiger partial charge in [-0.25, -0.2) is 4.98 Å². The highest BCUT2D eigenvalue weighted by atomic mass is 32.1. The number of aromatic nitrogens is 2. The van der Waals surface area contributed by atoms with E-state index >= 15 is 0 Å². The molecule has 0 atom stereocenters. The third kappa shape index (κ3) is 4.47. The normalized spacial score (nSPS) is 18.2. The lowest BCUT2D eigenvalue weighted by atomic mass is 9.91. The Morgan fingerprint density at radius 3 is 2.58 bits per heavy atom. The molecular weight excluding hydrogens is 432 g/mol. The van der Waals surface area contributed by atoms with Gasteiger partial charge in [-0.1, -0.05) is 12.1 Å². The van der Waals surface area contributed by atoms with E-state index in [4.69, 9.17) is 10.5 Å². The minimum absolute atomic E-state index is 0.00840. The van der Waals surface area contributed by atoms with Gasteiger partial charge in [-0.2, -0.15) is 0 Å². The van der Waals surface area contributed by atoms with Crippen LogP contribution in [0.25, 0.3) is 22.0 Å². The van der Waals surface area contributed by atoms with Crippen molar-refractivity contribution in [3.63, 3.8) is 0 Å². The molecule has 1 aromatic carbocycles. The molecule has 1 aliphatic rings. The summed E-state index contributed by atoms with van der Waals surface area (Å²) in [4.78, 5) is 23.1. The van der Waals surface area contributed by atoms with Gasteiger partial charge >= 0.3 is 0 Å². The topological polar surface area (TPSA) is 90.1 Å². The standard InChI is InChI=1S/C26H26N4O2S/c1-32-24-11-5-17(14-29-24)16-4-10-22-20(13-16)25(30-19-8-6-18(27)7-9-19)21(15-28-22)26(31)23-3-2-12-33-23/h2-5,10-15,18-19H,6-9,27H2,1H3,(H,28,30). The maximum Gasteiger partial charge on any atom is 0.212 e. The first-order valence-corrected chi connectivity index (χ1v) is 12.0. The maximum atomic E-state index is 13.4. The first-order valence-electron chi connectivity index (χ1n) is 11.2. The summed E-state index contributed by atoms with van der Waals surface area (Å²) >= 11 is 1.45. The monoisotopic (exact) mass is 458 g/mol. The Labute approximate surface area is 196 Å². The van der Waals surface area contributed by atoms with Crippen LogP contribution >= 0.6 is 11.3 Å². The predicted octanol–water partition coefficient (Wildman–Crippen LogP) is 5.28. The SMILES string of the molecule is COc1ccc(-c2ccc3ncc(C(=O)c4cccs4)c(NC4CCC(N)CC4)c3c2)cn1. The molecule has 3 heterocycles. The lowest BCUT2D eigenvalue weighted by Crippen LogP contribution is -2.33. The molecule has 0 unspecified atom stereocenters. The van der Waals surface area contributed by atoms with Gasteiger partial charge in [0.1, 0.15) is 0 Å². The zero-order chi connectivity index (χ0) is 22.8. The van der Waals surface area contributed by atoms with Crippen molar-refractivity contribution in [2.24, 2.45) is 5.73 Å². The predicted molar refractivity (Wildman–Crippen MR) is 133 cm³/mol. The number of nitrogens with zero attached hydrogens (tertiary/aromatic N) is 2. The summed E-state index contributed by atoms with van der Waals surface area (Å²) in [7, 11) is 1.60. The molecule has 1 saturated carbocycles. The van der Waals surface area contributed by atoms with Crippen LogP contribution in [0.2, 0.25) is 0 Å². The van der Waals surface area contributed by atoms with Crippen molar-refractivity contribution in [1.29, 1.82) is 0 Å².